The fourth-order valence-corrected chi connectivity index (χ4v) is 1.78. The van der Waals surface area contributed by atoms with E-state index in [9.17, 15) is 4.79 Å². The maximum absolute atomic E-state index is 11.7. The molecule has 1 atom stereocenters. The number of rotatable bonds is 6. The second-order valence-electron chi connectivity index (χ2n) is 5.57. The van der Waals surface area contributed by atoms with E-state index in [4.69, 9.17) is 5.73 Å². The molecule has 0 saturated carbocycles. The summed E-state index contributed by atoms with van der Waals surface area (Å²) in [6.07, 6.45) is 0.501. The number of nitrogens with one attached hydrogen (secondary N) is 1. The first-order valence-corrected chi connectivity index (χ1v) is 6.48. The van der Waals surface area contributed by atoms with Crippen molar-refractivity contribution in [1.82, 2.24) is 5.32 Å². The van der Waals surface area contributed by atoms with Crippen LogP contribution in [0.1, 0.15) is 32.8 Å². The molecule has 0 radical (unpaired) electrons. The molecule has 1 rings (SSSR count). The van der Waals surface area contributed by atoms with Gasteiger partial charge in [-0.25, -0.2) is 0 Å². The van der Waals surface area contributed by atoms with Gasteiger partial charge in [-0.1, -0.05) is 51.1 Å². The Morgan fingerprint density at radius 2 is 1.94 bits per heavy atom. The first kappa shape index (κ1) is 14.7. The Bertz CT molecular complexity index is 373. The van der Waals surface area contributed by atoms with E-state index < -0.39 is 0 Å². The average molecular weight is 248 g/mol. The maximum atomic E-state index is 11.7. The molecule has 0 aromatic heterocycles. The van der Waals surface area contributed by atoms with Crippen molar-refractivity contribution in [2.45, 2.75) is 32.6 Å². The summed E-state index contributed by atoms with van der Waals surface area (Å²) in [4.78, 5) is 11.7. The van der Waals surface area contributed by atoms with E-state index in [0.29, 0.717) is 19.5 Å². The molecule has 0 aliphatic rings. The molecule has 0 saturated heterocycles. The van der Waals surface area contributed by atoms with E-state index in [-0.39, 0.29) is 17.2 Å². The standard InChI is InChI=1S/C15H24N2O/c1-12(10-16)9-14(18)17-11-15(2,3)13-7-5-4-6-8-13/h4-8,12H,9-11,16H2,1-3H3,(H,17,18). The van der Waals surface area contributed by atoms with Gasteiger partial charge in [-0.05, 0) is 18.0 Å². The summed E-state index contributed by atoms with van der Waals surface area (Å²) >= 11 is 0. The third-order valence-corrected chi connectivity index (χ3v) is 3.22. The lowest BCUT2D eigenvalue weighted by Gasteiger charge is -2.26. The van der Waals surface area contributed by atoms with Crippen LogP contribution in [0.25, 0.3) is 0 Å². The summed E-state index contributed by atoms with van der Waals surface area (Å²) in [5, 5.41) is 2.99. The quantitative estimate of drug-likeness (QED) is 0.809. The number of hydrogen-bond acceptors (Lipinski definition) is 2. The van der Waals surface area contributed by atoms with Crippen molar-refractivity contribution in [3.63, 3.8) is 0 Å². The lowest BCUT2D eigenvalue weighted by molar-refractivity contribution is -0.122. The Kier molecular flexibility index (Phi) is 5.35. The first-order valence-electron chi connectivity index (χ1n) is 6.48. The number of amides is 1. The average Bonchev–Trinajstić information content (AvgIpc) is 2.37. The highest BCUT2D eigenvalue weighted by Gasteiger charge is 2.21. The van der Waals surface area contributed by atoms with Crippen LogP contribution in [0.5, 0.6) is 0 Å². The third kappa shape index (κ3) is 4.49. The van der Waals surface area contributed by atoms with Crippen LogP contribution in [0.15, 0.2) is 30.3 Å². The van der Waals surface area contributed by atoms with Crippen LogP contribution >= 0.6 is 0 Å². The molecule has 3 N–H and O–H groups in total. The minimum Gasteiger partial charge on any atom is -0.355 e. The van der Waals surface area contributed by atoms with Crippen molar-refractivity contribution in [3.8, 4) is 0 Å². The van der Waals surface area contributed by atoms with Crippen LogP contribution in [0.3, 0.4) is 0 Å². The summed E-state index contributed by atoms with van der Waals surface area (Å²) in [6.45, 7) is 7.45. The normalized spacial score (nSPS) is 13.1. The molecule has 0 bridgehead atoms. The van der Waals surface area contributed by atoms with Crippen molar-refractivity contribution in [2.75, 3.05) is 13.1 Å². The molecule has 18 heavy (non-hydrogen) atoms. The highest BCUT2D eigenvalue weighted by atomic mass is 16.1. The smallest absolute Gasteiger partial charge is 0.220 e. The first-order chi connectivity index (χ1) is 8.45. The second-order valence-corrected chi connectivity index (χ2v) is 5.57. The largest absolute Gasteiger partial charge is 0.355 e. The summed E-state index contributed by atoms with van der Waals surface area (Å²) in [5.74, 6) is 0.321. The fourth-order valence-electron chi connectivity index (χ4n) is 1.78. The van der Waals surface area contributed by atoms with Gasteiger partial charge in [0.25, 0.3) is 0 Å². The van der Waals surface area contributed by atoms with Crippen molar-refractivity contribution >= 4 is 5.91 Å². The number of hydrogen-bond donors (Lipinski definition) is 2. The molecule has 0 aliphatic heterocycles. The molecule has 0 heterocycles. The molecule has 0 spiro atoms. The van der Waals surface area contributed by atoms with Crippen LogP contribution in [-0.4, -0.2) is 19.0 Å². The predicted octanol–water partition coefficient (Wildman–Crippen LogP) is 2.07. The molecule has 1 amide bonds. The highest BCUT2D eigenvalue weighted by molar-refractivity contribution is 5.76. The summed E-state index contributed by atoms with van der Waals surface area (Å²) in [6, 6.07) is 10.2. The number of carbonyl (C=O) groups excluding carboxylic acids is 1. The lowest BCUT2D eigenvalue weighted by atomic mass is 9.84. The van der Waals surface area contributed by atoms with Gasteiger partial charge in [0.1, 0.15) is 0 Å². The monoisotopic (exact) mass is 248 g/mol. The van der Waals surface area contributed by atoms with Gasteiger partial charge < -0.3 is 11.1 Å². The van der Waals surface area contributed by atoms with Gasteiger partial charge in [-0.3, -0.25) is 4.79 Å². The SMILES string of the molecule is CC(CN)CC(=O)NCC(C)(C)c1ccccc1. The van der Waals surface area contributed by atoms with Crippen molar-refractivity contribution in [1.29, 1.82) is 0 Å². The minimum absolute atomic E-state index is 0.0527. The van der Waals surface area contributed by atoms with Crippen molar-refractivity contribution in [2.24, 2.45) is 11.7 Å². The van der Waals surface area contributed by atoms with E-state index in [1.165, 1.54) is 5.56 Å². The van der Waals surface area contributed by atoms with Crippen LogP contribution < -0.4 is 11.1 Å². The molecule has 3 nitrogen and oxygen atoms in total. The molecular formula is C15H24N2O. The van der Waals surface area contributed by atoms with Crippen LogP contribution in [0.4, 0.5) is 0 Å². The predicted molar refractivity (Wildman–Crippen MR) is 75.3 cm³/mol. The lowest BCUT2D eigenvalue weighted by Crippen LogP contribution is -2.37. The Morgan fingerprint density at radius 3 is 2.50 bits per heavy atom. The van der Waals surface area contributed by atoms with Gasteiger partial charge in [-0.2, -0.15) is 0 Å². The van der Waals surface area contributed by atoms with Crippen molar-refractivity contribution < 1.29 is 4.79 Å². The number of nitrogens with two attached hydrogens (primary N) is 1. The van der Waals surface area contributed by atoms with Gasteiger partial charge >= 0.3 is 0 Å². The summed E-state index contributed by atoms with van der Waals surface area (Å²) in [7, 11) is 0. The molecule has 100 valence electrons. The molecule has 0 aliphatic carbocycles. The Labute approximate surface area is 110 Å². The Balaban J connectivity index is 2.50. The van der Waals surface area contributed by atoms with E-state index in [2.05, 4.69) is 31.3 Å². The van der Waals surface area contributed by atoms with Crippen LogP contribution in [0, 0.1) is 5.92 Å². The summed E-state index contributed by atoms with van der Waals surface area (Å²) < 4.78 is 0. The molecule has 1 aromatic rings. The molecule has 0 fully saturated rings. The maximum Gasteiger partial charge on any atom is 0.220 e. The highest BCUT2D eigenvalue weighted by Crippen LogP contribution is 2.21. The topological polar surface area (TPSA) is 55.1 Å². The molecule has 3 heteroatoms. The van der Waals surface area contributed by atoms with E-state index in [1.54, 1.807) is 0 Å². The van der Waals surface area contributed by atoms with Crippen LogP contribution in [-0.2, 0) is 10.2 Å². The zero-order valence-electron chi connectivity index (χ0n) is 11.6. The van der Waals surface area contributed by atoms with Crippen LogP contribution in [0.2, 0.25) is 0 Å². The van der Waals surface area contributed by atoms with Gasteiger partial charge in [0.05, 0.1) is 0 Å². The summed E-state index contributed by atoms with van der Waals surface area (Å²) in [5.41, 5.74) is 6.69. The Hall–Kier alpha value is -1.35. The molecule has 1 aromatic carbocycles. The zero-order chi connectivity index (χ0) is 13.6. The minimum atomic E-state index is -0.0527. The van der Waals surface area contributed by atoms with Gasteiger partial charge in [0, 0.05) is 18.4 Å². The second kappa shape index (κ2) is 6.55. The Morgan fingerprint density at radius 1 is 1.33 bits per heavy atom. The molecule has 1 unspecified atom stereocenters. The molecular weight excluding hydrogens is 224 g/mol. The van der Waals surface area contributed by atoms with Crippen molar-refractivity contribution in [3.05, 3.63) is 35.9 Å². The van der Waals surface area contributed by atoms with E-state index in [1.807, 2.05) is 25.1 Å². The van der Waals surface area contributed by atoms with E-state index in [0.717, 1.165) is 0 Å². The third-order valence-electron chi connectivity index (χ3n) is 3.22. The van der Waals surface area contributed by atoms with Gasteiger partial charge in [-0.15, -0.1) is 0 Å². The fraction of sp³-hybridized carbons (Fsp3) is 0.533. The van der Waals surface area contributed by atoms with E-state index >= 15 is 0 Å². The number of benzene rings is 1. The zero-order valence-corrected chi connectivity index (χ0v) is 11.6. The van der Waals surface area contributed by atoms with Gasteiger partial charge in [0.2, 0.25) is 5.91 Å². The number of carbonyl (C=O) groups is 1. The van der Waals surface area contributed by atoms with Gasteiger partial charge in [0.15, 0.2) is 0 Å².